The Hall–Kier alpha value is -1.36. The summed E-state index contributed by atoms with van der Waals surface area (Å²) in [6.07, 6.45) is 4.26. The average Bonchev–Trinajstić information content (AvgIpc) is 2.38. The van der Waals surface area contributed by atoms with Crippen LogP contribution in [0.2, 0.25) is 0 Å². The fourth-order valence-corrected chi connectivity index (χ4v) is 1.91. The Morgan fingerprint density at radius 3 is 2.21 bits per heavy atom. The van der Waals surface area contributed by atoms with Gasteiger partial charge in [0.25, 0.3) is 0 Å². The van der Waals surface area contributed by atoms with Gasteiger partial charge in [0, 0.05) is 32.3 Å². The lowest BCUT2D eigenvalue weighted by atomic mass is 10.1. The largest absolute Gasteiger partial charge is 1.00 e. The number of pyridine rings is 1. The molecule has 2 aromatic rings. The fraction of sp³-hybridized carbons (Fsp3) is 0.188. The van der Waals surface area contributed by atoms with Crippen molar-refractivity contribution in [2.24, 2.45) is 7.05 Å². The second kappa shape index (κ2) is 7.28. The molecule has 0 aliphatic heterocycles. The smallest absolute Gasteiger partial charge is 0.207 e. The van der Waals surface area contributed by atoms with Crippen molar-refractivity contribution in [1.82, 2.24) is 4.90 Å². The fourth-order valence-electron chi connectivity index (χ4n) is 1.91. The minimum absolute atomic E-state index is 0. The lowest BCUT2D eigenvalue weighted by Crippen LogP contribution is -3.00. The van der Waals surface area contributed by atoms with Crippen molar-refractivity contribution in [1.29, 1.82) is 0 Å². The zero-order valence-corrected chi connectivity index (χ0v) is 13.7. The summed E-state index contributed by atoms with van der Waals surface area (Å²) in [6.45, 7) is 0. The van der Waals surface area contributed by atoms with Crippen LogP contribution in [0, 0.1) is 0 Å². The first-order valence-electron chi connectivity index (χ1n) is 6.07. The van der Waals surface area contributed by atoms with Crippen LogP contribution >= 0.6 is 0 Å². The molecule has 2 rings (SSSR count). The second-order valence-electron chi connectivity index (χ2n) is 4.53. The molecule has 1 aromatic heterocycles. The molecule has 0 radical (unpaired) electrons. The maximum atomic E-state index is 2.20. The van der Waals surface area contributed by atoms with E-state index in [1.54, 1.807) is 0 Å². The Morgan fingerprint density at radius 2 is 1.63 bits per heavy atom. The van der Waals surface area contributed by atoms with Gasteiger partial charge >= 0.3 is 0 Å². The topological polar surface area (TPSA) is 7.12 Å². The van der Waals surface area contributed by atoms with Gasteiger partial charge in [-0.1, -0.05) is 30.3 Å². The summed E-state index contributed by atoms with van der Waals surface area (Å²) in [7, 11) is 6.20. The number of hydrogen-bond donors (Lipinski definition) is 0. The number of hydrogen-bond acceptors (Lipinski definition) is 1. The molecule has 0 bridgehead atoms. The van der Waals surface area contributed by atoms with E-state index in [4.69, 9.17) is 0 Å². The van der Waals surface area contributed by atoms with Gasteiger partial charge in [-0.2, -0.15) is 0 Å². The van der Waals surface area contributed by atoms with Gasteiger partial charge in [-0.25, -0.2) is 4.57 Å². The number of aryl methyl sites for hydroxylation is 1. The van der Waals surface area contributed by atoms with Gasteiger partial charge in [0.1, 0.15) is 7.05 Å². The lowest BCUT2D eigenvalue weighted by molar-refractivity contribution is -0.673. The highest BCUT2D eigenvalue weighted by Crippen LogP contribution is 2.18. The van der Waals surface area contributed by atoms with Crippen LogP contribution in [0.3, 0.4) is 0 Å². The van der Waals surface area contributed by atoms with Crippen LogP contribution in [0.15, 0.2) is 54.7 Å². The molecular weight excluding hydrogens is 347 g/mol. The lowest BCUT2D eigenvalue weighted by Gasteiger charge is -2.17. The molecule has 0 unspecified atom stereocenters. The van der Waals surface area contributed by atoms with E-state index in [1.165, 1.54) is 17.0 Å². The van der Waals surface area contributed by atoms with Gasteiger partial charge in [-0.15, -0.1) is 0 Å². The van der Waals surface area contributed by atoms with Gasteiger partial charge in [0.05, 0.1) is 5.70 Å². The quantitative estimate of drug-likeness (QED) is 0.529. The van der Waals surface area contributed by atoms with E-state index in [2.05, 4.69) is 79.3 Å². The van der Waals surface area contributed by atoms with Crippen LogP contribution in [0.5, 0.6) is 0 Å². The number of rotatable bonds is 3. The minimum Gasteiger partial charge on any atom is -1.00 e. The Balaban J connectivity index is 0.00000180. The average molecular weight is 366 g/mol. The molecule has 0 saturated heterocycles. The van der Waals surface area contributed by atoms with E-state index >= 15 is 0 Å². The van der Waals surface area contributed by atoms with E-state index in [-0.39, 0.29) is 24.0 Å². The van der Waals surface area contributed by atoms with Crippen molar-refractivity contribution in [3.05, 3.63) is 66.0 Å². The molecule has 0 spiro atoms. The molecule has 2 nitrogen and oxygen atoms in total. The predicted octanol–water partition coefficient (Wildman–Crippen LogP) is -0.425. The van der Waals surface area contributed by atoms with Gasteiger partial charge in [0.2, 0.25) is 5.69 Å². The Kier molecular flexibility index (Phi) is 6.02. The number of benzene rings is 1. The first kappa shape index (κ1) is 15.7. The van der Waals surface area contributed by atoms with E-state index < -0.39 is 0 Å². The van der Waals surface area contributed by atoms with Crippen LogP contribution in [0.25, 0.3) is 11.8 Å². The molecule has 1 heterocycles. The molecule has 3 heteroatoms. The van der Waals surface area contributed by atoms with Gasteiger partial charge in [0.15, 0.2) is 6.20 Å². The third-order valence-electron chi connectivity index (χ3n) is 2.93. The Labute approximate surface area is 132 Å². The second-order valence-corrected chi connectivity index (χ2v) is 4.53. The molecule has 0 aliphatic carbocycles. The highest BCUT2D eigenvalue weighted by atomic mass is 127. The van der Waals surface area contributed by atoms with E-state index in [9.17, 15) is 0 Å². The van der Waals surface area contributed by atoms with Crippen molar-refractivity contribution in [3.63, 3.8) is 0 Å². The molecular formula is C16H19IN2. The first-order chi connectivity index (χ1) is 8.68. The number of aromatic nitrogens is 1. The zero-order valence-electron chi connectivity index (χ0n) is 11.5. The molecule has 0 amide bonds. The van der Waals surface area contributed by atoms with Crippen molar-refractivity contribution < 1.29 is 28.5 Å². The van der Waals surface area contributed by atoms with Crippen molar-refractivity contribution in [2.75, 3.05) is 14.1 Å². The number of halogens is 1. The maximum absolute atomic E-state index is 2.20. The first-order valence-corrected chi connectivity index (χ1v) is 6.07. The Morgan fingerprint density at radius 1 is 1.00 bits per heavy atom. The van der Waals surface area contributed by atoms with Crippen molar-refractivity contribution in [2.45, 2.75) is 0 Å². The molecule has 19 heavy (non-hydrogen) atoms. The summed E-state index contributed by atoms with van der Waals surface area (Å²) in [4.78, 5) is 2.14. The van der Waals surface area contributed by atoms with Crippen molar-refractivity contribution in [3.8, 4) is 0 Å². The number of nitrogens with zero attached hydrogens (tertiary/aromatic N) is 2. The van der Waals surface area contributed by atoms with Crippen molar-refractivity contribution >= 4 is 11.8 Å². The van der Waals surface area contributed by atoms with Gasteiger partial charge < -0.3 is 28.9 Å². The van der Waals surface area contributed by atoms with E-state index in [1.807, 2.05) is 12.1 Å². The summed E-state index contributed by atoms with van der Waals surface area (Å²) in [6, 6.07) is 16.7. The normalized spacial score (nSPS) is 10.8. The third kappa shape index (κ3) is 4.06. The standard InChI is InChI=1S/C16H19N2.HI/c1-17(2)16(14-9-5-4-6-10-14)13-15-11-7-8-12-18(15)3;/h4-13H,1-3H3;1H/q+1;/p-1. The van der Waals surface area contributed by atoms with Crippen LogP contribution in [0.4, 0.5) is 0 Å². The van der Waals surface area contributed by atoms with Crippen LogP contribution in [-0.4, -0.2) is 19.0 Å². The van der Waals surface area contributed by atoms with Crippen LogP contribution in [0.1, 0.15) is 11.3 Å². The minimum atomic E-state index is 0. The maximum Gasteiger partial charge on any atom is 0.207 e. The molecule has 0 atom stereocenters. The predicted molar refractivity (Wildman–Crippen MR) is 75.6 cm³/mol. The highest BCUT2D eigenvalue weighted by molar-refractivity contribution is 5.78. The van der Waals surface area contributed by atoms with E-state index in [0.717, 1.165) is 0 Å². The molecule has 0 aliphatic rings. The molecule has 100 valence electrons. The highest BCUT2D eigenvalue weighted by Gasteiger charge is 2.08. The molecule has 0 fully saturated rings. The Bertz CT molecular complexity index is 548. The molecule has 1 aromatic carbocycles. The monoisotopic (exact) mass is 366 g/mol. The summed E-state index contributed by atoms with van der Waals surface area (Å²) >= 11 is 0. The molecule has 0 N–H and O–H groups in total. The third-order valence-corrected chi connectivity index (χ3v) is 2.93. The SMILES string of the molecule is CN(C)C(=Cc1cccc[n+]1C)c1ccccc1.[I-]. The summed E-state index contributed by atoms with van der Waals surface area (Å²) < 4.78 is 2.12. The summed E-state index contributed by atoms with van der Waals surface area (Å²) in [5.41, 5.74) is 3.62. The summed E-state index contributed by atoms with van der Waals surface area (Å²) in [5, 5.41) is 0. The van der Waals surface area contributed by atoms with Crippen LogP contribution in [-0.2, 0) is 7.05 Å². The molecule has 0 saturated carbocycles. The van der Waals surface area contributed by atoms with E-state index in [0.29, 0.717) is 0 Å². The van der Waals surface area contributed by atoms with Gasteiger partial charge in [-0.3, -0.25) is 0 Å². The summed E-state index contributed by atoms with van der Waals surface area (Å²) in [5.74, 6) is 0. The zero-order chi connectivity index (χ0) is 13.0. The van der Waals surface area contributed by atoms with Gasteiger partial charge in [-0.05, 0) is 11.6 Å². The van der Waals surface area contributed by atoms with Crippen LogP contribution < -0.4 is 28.5 Å².